The van der Waals surface area contributed by atoms with Gasteiger partial charge in [-0.2, -0.15) is 0 Å². The number of carbonyl (C=O) groups excluding carboxylic acids is 1. The largest absolute Gasteiger partial charge is 0.481 e. The number of rotatable bonds is 5. The number of anilines is 1. The van der Waals surface area contributed by atoms with E-state index in [1.165, 1.54) is 4.90 Å². The number of aliphatic carboxylic acids is 1. The van der Waals surface area contributed by atoms with Gasteiger partial charge in [0.2, 0.25) is 0 Å². The lowest BCUT2D eigenvalue weighted by atomic mass is 10.2. The number of amides is 2. The van der Waals surface area contributed by atoms with Crippen LogP contribution in [-0.2, 0) is 4.79 Å². The quantitative estimate of drug-likeness (QED) is 0.810. The molecule has 0 aliphatic carbocycles. The lowest BCUT2D eigenvalue weighted by molar-refractivity contribution is -0.137. The molecule has 0 heterocycles. The molecule has 0 spiro atoms. The molecule has 0 saturated carbocycles. The molecule has 1 aromatic carbocycles. The molecule has 7 heteroatoms. The van der Waals surface area contributed by atoms with Crippen LogP contribution in [0.2, 0.25) is 5.02 Å². The summed E-state index contributed by atoms with van der Waals surface area (Å²) in [6.45, 7) is 5.78. The smallest absolute Gasteiger partial charge is 0.322 e. The number of hydrogen-bond donors (Lipinski definition) is 2. The maximum Gasteiger partial charge on any atom is 0.322 e. The number of urea groups is 1. The predicted molar refractivity (Wildman–Crippen MR) is 87.0 cm³/mol. The van der Waals surface area contributed by atoms with Crippen LogP contribution in [0.1, 0.15) is 25.8 Å². The molecule has 0 aliphatic heterocycles. The van der Waals surface area contributed by atoms with Gasteiger partial charge in [0.1, 0.15) is 0 Å². The average molecular weight is 378 g/mol. The minimum absolute atomic E-state index is 0.100. The summed E-state index contributed by atoms with van der Waals surface area (Å²) >= 11 is 9.42. The van der Waals surface area contributed by atoms with Gasteiger partial charge in [-0.3, -0.25) is 4.79 Å². The number of benzene rings is 1. The Hall–Kier alpha value is -1.27. The van der Waals surface area contributed by atoms with E-state index in [1.807, 2.05) is 13.0 Å². The Kier molecular flexibility index (Phi) is 6.48. The first kappa shape index (κ1) is 17.8. The third kappa shape index (κ3) is 4.89. The van der Waals surface area contributed by atoms with Crippen molar-refractivity contribution in [3.05, 3.63) is 27.2 Å². The maximum absolute atomic E-state index is 12.3. The van der Waals surface area contributed by atoms with Gasteiger partial charge in [0.25, 0.3) is 0 Å². The van der Waals surface area contributed by atoms with Gasteiger partial charge < -0.3 is 15.3 Å². The van der Waals surface area contributed by atoms with E-state index < -0.39 is 12.0 Å². The van der Waals surface area contributed by atoms with Crippen molar-refractivity contribution < 1.29 is 14.7 Å². The first-order chi connectivity index (χ1) is 9.76. The Labute approximate surface area is 137 Å². The molecule has 1 unspecified atom stereocenters. The summed E-state index contributed by atoms with van der Waals surface area (Å²) in [7, 11) is 0. The van der Waals surface area contributed by atoms with Gasteiger partial charge in [-0.25, -0.2) is 4.79 Å². The van der Waals surface area contributed by atoms with Crippen LogP contribution in [0.3, 0.4) is 0 Å². The Morgan fingerprint density at radius 3 is 2.62 bits per heavy atom. The van der Waals surface area contributed by atoms with Crippen molar-refractivity contribution in [1.29, 1.82) is 0 Å². The van der Waals surface area contributed by atoms with Crippen LogP contribution in [-0.4, -0.2) is 34.6 Å². The summed E-state index contributed by atoms with van der Waals surface area (Å²) in [4.78, 5) is 24.5. The van der Waals surface area contributed by atoms with E-state index in [0.29, 0.717) is 17.3 Å². The van der Waals surface area contributed by atoms with Crippen LogP contribution in [0.5, 0.6) is 0 Å². The van der Waals surface area contributed by atoms with Crippen molar-refractivity contribution in [2.45, 2.75) is 33.2 Å². The molecule has 0 radical (unpaired) electrons. The van der Waals surface area contributed by atoms with Gasteiger partial charge in [0.05, 0.1) is 12.1 Å². The van der Waals surface area contributed by atoms with Crippen LogP contribution in [0.4, 0.5) is 10.5 Å². The van der Waals surface area contributed by atoms with Gasteiger partial charge in [0.15, 0.2) is 0 Å². The molecule has 0 bridgehead atoms. The molecule has 116 valence electrons. The molecular formula is C14H18BrClN2O3. The number of nitrogens with one attached hydrogen (secondary N) is 1. The molecule has 21 heavy (non-hydrogen) atoms. The topological polar surface area (TPSA) is 69.6 Å². The van der Waals surface area contributed by atoms with Gasteiger partial charge >= 0.3 is 12.0 Å². The van der Waals surface area contributed by atoms with Crippen molar-refractivity contribution in [1.82, 2.24) is 4.90 Å². The molecule has 5 nitrogen and oxygen atoms in total. The Morgan fingerprint density at radius 1 is 1.48 bits per heavy atom. The second-order valence-corrected chi connectivity index (χ2v) is 6.01. The highest BCUT2D eigenvalue weighted by molar-refractivity contribution is 9.10. The fourth-order valence-electron chi connectivity index (χ4n) is 1.95. The average Bonchev–Trinajstić information content (AvgIpc) is 2.35. The van der Waals surface area contributed by atoms with Gasteiger partial charge in [0, 0.05) is 22.1 Å². The lowest BCUT2D eigenvalue weighted by Crippen LogP contribution is -2.42. The van der Waals surface area contributed by atoms with Crippen molar-refractivity contribution >= 4 is 45.2 Å². The molecular weight excluding hydrogens is 360 g/mol. The molecule has 0 saturated heterocycles. The normalized spacial score (nSPS) is 11.9. The van der Waals surface area contributed by atoms with Crippen molar-refractivity contribution in [3.63, 3.8) is 0 Å². The molecule has 0 aliphatic rings. The second-order valence-electron chi connectivity index (χ2n) is 4.74. The molecule has 0 fully saturated rings. The Morgan fingerprint density at radius 2 is 2.10 bits per heavy atom. The highest BCUT2D eigenvalue weighted by atomic mass is 79.9. The highest BCUT2D eigenvalue weighted by Gasteiger charge is 2.21. The number of nitrogens with zero attached hydrogens (tertiary/aromatic N) is 1. The van der Waals surface area contributed by atoms with E-state index in [2.05, 4.69) is 21.2 Å². The third-order valence-electron chi connectivity index (χ3n) is 3.09. The fraction of sp³-hybridized carbons (Fsp3) is 0.429. The minimum Gasteiger partial charge on any atom is -0.481 e. The van der Waals surface area contributed by atoms with Crippen molar-refractivity contribution in [2.75, 3.05) is 11.9 Å². The number of hydrogen-bond acceptors (Lipinski definition) is 2. The van der Waals surface area contributed by atoms with Crippen LogP contribution in [0.15, 0.2) is 16.6 Å². The Bertz CT molecular complexity index is 551. The standard InChI is InChI=1S/C14H18BrClN2O3/c1-4-18(9(3)6-13(19)20)14(21)17-12-7-11(16)8(2)5-10(12)15/h5,7,9H,4,6H2,1-3H3,(H,17,21)(H,19,20). The first-order valence-electron chi connectivity index (χ1n) is 6.51. The summed E-state index contributed by atoms with van der Waals surface area (Å²) in [6, 6.07) is 2.72. The summed E-state index contributed by atoms with van der Waals surface area (Å²) in [6.07, 6.45) is -0.100. The molecule has 1 rings (SSSR count). The van der Waals surface area contributed by atoms with Crippen LogP contribution in [0, 0.1) is 6.92 Å². The van der Waals surface area contributed by atoms with E-state index in [9.17, 15) is 9.59 Å². The van der Waals surface area contributed by atoms with Crippen LogP contribution >= 0.6 is 27.5 Å². The summed E-state index contributed by atoms with van der Waals surface area (Å²) < 4.78 is 0.722. The first-order valence-corrected chi connectivity index (χ1v) is 7.68. The zero-order valence-electron chi connectivity index (χ0n) is 12.1. The lowest BCUT2D eigenvalue weighted by Gasteiger charge is -2.27. The third-order valence-corrected chi connectivity index (χ3v) is 4.16. The Balaban J connectivity index is 2.88. The van der Waals surface area contributed by atoms with Crippen molar-refractivity contribution in [3.8, 4) is 0 Å². The minimum atomic E-state index is -0.937. The van der Waals surface area contributed by atoms with E-state index in [1.54, 1.807) is 19.9 Å². The number of aryl methyl sites for hydroxylation is 1. The monoisotopic (exact) mass is 376 g/mol. The molecule has 1 aromatic rings. The number of carboxylic acid groups (broad SMARTS) is 1. The molecule has 1 atom stereocenters. The zero-order chi connectivity index (χ0) is 16.2. The van der Waals surface area contributed by atoms with Crippen molar-refractivity contribution in [2.24, 2.45) is 0 Å². The summed E-state index contributed by atoms with van der Waals surface area (Å²) in [5.74, 6) is -0.937. The highest BCUT2D eigenvalue weighted by Crippen LogP contribution is 2.29. The summed E-state index contributed by atoms with van der Waals surface area (Å²) in [5.41, 5.74) is 1.45. The van der Waals surface area contributed by atoms with E-state index in [0.717, 1.165) is 10.0 Å². The number of carboxylic acids is 1. The molecule has 2 N–H and O–H groups in total. The number of halogens is 2. The second kappa shape index (κ2) is 7.66. The van der Waals surface area contributed by atoms with E-state index in [-0.39, 0.29) is 12.5 Å². The zero-order valence-corrected chi connectivity index (χ0v) is 14.5. The van der Waals surface area contributed by atoms with Gasteiger partial charge in [-0.05, 0) is 54.4 Å². The summed E-state index contributed by atoms with van der Waals surface area (Å²) in [5, 5.41) is 12.1. The SMILES string of the molecule is CCN(C(=O)Nc1cc(Cl)c(C)cc1Br)C(C)CC(=O)O. The van der Waals surface area contributed by atoms with Gasteiger partial charge in [-0.15, -0.1) is 0 Å². The van der Waals surface area contributed by atoms with E-state index >= 15 is 0 Å². The number of carbonyl (C=O) groups is 2. The van der Waals surface area contributed by atoms with Crippen LogP contribution < -0.4 is 5.32 Å². The maximum atomic E-state index is 12.3. The van der Waals surface area contributed by atoms with Crippen LogP contribution in [0.25, 0.3) is 0 Å². The van der Waals surface area contributed by atoms with E-state index in [4.69, 9.17) is 16.7 Å². The molecule has 2 amide bonds. The fourth-order valence-corrected chi connectivity index (χ4v) is 2.67. The van der Waals surface area contributed by atoms with Gasteiger partial charge in [-0.1, -0.05) is 11.6 Å². The molecule has 0 aromatic heterocycles. The predicted octanol–water partition coefficient (Wildman–Crippen LogP) is 4.13.